The third-order valence-electron chi connectivity index (χ3n) is 3.34. The second-order valence-electron chi connectivity index (χ2n) is 4.82. The van der Waals surface area contributed by atoms with Gasteiger partial charge in [0.05, 0.1) is 24.9 Å². The normalized spacial score (nSPS) is 10.1. The quantitative estimate of drug-likeness (QED) is 0.763. The van der Waals surface area contributed by atoms with E-state index < -0.39 is 0 Å². The van der Waals surface area contributed by atoms with E-state index in [1.54, 1.807) is 26.4 Å². The maximum absolute atomic E-state index is 6.09. The highest BCUT2D eigenvalue weighted by Gasteiger charge is 2.11. The minimum Gasteiger partial charge on any atom is -0.495 e. The molecule has 0 aliphatic carbocycles. The van der Waals surface area contributed by atoms with E-state index >= 15 is 0 Å². The van der Waals surface area contributed by atoms with Crippen LogP contribution in [0.3, 0.4) is 0 Å². The Morgan fingerprint density at radius 1 is 1.04 bits per heavy atom. The molecule has 2 aromatic carbocycles. The van der Waals surface area contributed by atoms with Crippen LogP contribution in [0.4, 0.5) is 11.4 Å². The molecule has 122 valence electrons. The minimum absolute atomic E-state index is 0.455. The molecule has 23 heavy (non-hydrogen) atoms. The third-order valence-corrected chi connectivity index (χ3v) is 3.84. The number of halogens is 1. The summed E-state index contributed by atoms with van der Waals surface area (Å²) in [6.07, 6.45) is 1.00. The van der Waals surface area contributed by atoms with Gasteiger partial charge in [0, 0.05) is 17.8 Å². The summed E-state index contributed by atoms with van der Waals surface area (Å²) in [5.41, 5.74) is 2.87. The molecule has 0 heterocycles. The van der Waals surface area contributed by atoms with Crippen molar-refractivity contribution in [3.63, 3.8) is 0 Å². The van der Waals surface area contributed by atoms with E-state index in [0.717, 1.165) is 12.1 Å². The van der Waals surface area contributed by atoms with Crippen LogP contribution in [-0.4, -0.2) is 19.3 Å². The molecule has 0 fully saturated rings. The second-order valence-corrected chi connectivity index (χ2v) is 5.63. The summed E-state index contributed by atoms with van der Waals surface area (Å²) in [4.78, 5) is 0. The molecule has 6 heteroatoms. The van der Waals surface area contributed by atoms with Gasteiger partial charge in [-0.25, -0.2) is 0 Å². The zero-order valence-corrected chi connectivity index (χ0v) is 14.8. The predicted molar refractivity (Wildman–Crippen MR) is 100 cm³/mol. The first-order valence-electron chi connectivity index (χ1n) is 7.15. The van der Waals surface area contributed by atoms with Gasteiger partial charge in [0.2, 0.25) is 0 Å². The highest BCUT2D eigenvalue weighted by molar-refractivity contribution is 7.80. The second kappa shape index (κ2) is 8.04. The number of hydrogen-bond acceptors (Lipinski definition) is 3. The van der Waals surface area contributed by atoms with Crippen LogP contribution in [0.15, 0.2) is 36.4 Å². The number of hydrogen-bond donors (Lipinski definition) is 2. The Labute approximate surface area is 146 Å². The van der Waals surface area contributed by atoms with E-state index in [-0.39, 0.29) is 0 Å². The smallest absolute Gasteiger partial charge is 0.175 e. The summed E-state index contributed by atoms with van der Waals surface area (Å²) in [7, 11) is 3.13. The molecule has 0 amide bonds. The van der Waals surface area contributed by atoms with Gasteiger partial charge < -0.3 is 20.1 Å². The molecule has 0 aliphatic rings. The summed E-state index contributed by atoms with van der Waals surface area (Å²) in [5, 5.41) is 7.16. The van der Waals surface area contributed by atoms with Gasteiger partial charge >= 0.3 is 0 Å². The topological polar surface area (TPSA) is 42.5 Å². The lowest BCUT2D eigenvalue weighted by Crippen LogP contribution is -2.19. The molecule has 0 bridgehead atoms. The van der Waals surface area contributed by atoms with Gasteiger partial charge in [-0.05, 0) is 36.3 Å². The lowest BCUT2D eigenvalue weighted by molar-refractivity contribution is 0.405. The van der Waals surface area contributed by atoms with Crippen LogP contribution in [0.2, 0.25) is 5.02 Å². The summed E-state index contributed by atoms with van der Waals surface area (Å²) in [5.74, 6) is 1.13. The molecular weight excluding hydrogens is 332 g/mol. The largest absolute Gasteiger partial charge is 0.495 e. The molecule has 2 rings (SSSR count). The van der Waals surface area contributed by atoms with Crippen molar-refractivity contribution in [3.8, 4) is 11.5 Å². The van der Waals surface area contributed by atoms with Crippen molar-refractivity contribution in [3.05, 3.63) is 47.0 Å². The maximum Gasteiger partial charge on any atom is 0.175 e. The molecule has 0 atom stereocenters. The number of nitrogens with one attached hydrogen (secondary N) is 2. The van der Waals surface area contributed by atoms with Gasteiger partial charge in [-0.15, -0.1) is 0 Å². The van der Waals surface area contributed by atoms with Gasteiger partial charge in [0.25, 0.3) is 0 Å². The van der Waals surface area contributed by atoms with Gasteiger partial charge in [-0.1, -0.05) is 30.7 Å². The highest BCUT2D eigenvalue weighted by Crippen LogP contribution is 2.35. The van der Waals surface area contributed by atoms with Crippen LogP contribution in [0, 0.1) is 0 Å². The summed E-state index contributed by atoms with van der Waals surface area (Å²) < 4.78 is 10.5. The fourth-order valence-corrected chi connectivity index (χ4v) is 2.53. The number of ether oxygens (including phenoxy) is 2. The minimum atomic E-state index is 0.455. The van der Waals surface area contributed by atoms with Crippen molar-refractivity contribution in [1.29, 1.82) is 0 Å². The van der Waals surface area contributed by atoms with Crippen LogP contribution in [-0.2, 0) is 6.42 Å². The summed E-state index contributed by atoms with van der Waals surface area (Å²) >= 11 is 11.4. The van der Waals surface area contributed by atoms with E-state index in [9.17, 15) is 0 Å². The Hall–Kier alpha value is -1.98. The molecule has 0 aromatic heterocycles. The van der Waals surface area contributed by atoms with Crippen molar-refractivity contribution in [1.82, 2.24) is 0 Å². The van der Waals surface area contributed by atoms with E-state index in [0.29, 0.717) is 27.3 Å². The van der Waals surface area contributed by atoms with Gasteiger partial charge in [0.1, 0.15) is 11.5 Å². The van der Waals surface area contributed by atoms with Crippen LogP contribution < -0.4 is 20.1 Å². The number of thiocarbonyl (C=S) groups is 1. The number of benzene rings is 2. The van der Waals surface area contributed by atoms with Crippen molar-refractivity contribution >= 4 is 40.3 Å². The third kappa shape index (κ3) is 4.50. The lowest BCUT2D eigenvalue weighted by Gasteiger charge is -2.15. The molecule has 4 nitrogen and oxygen atoms in total. The monoisotopic (exact) mass is 350 g/mol. The number of rotatable bonds is 5. The first-order valence-corrected chi connectivity index (χ1v) is 7.94. The first kappa shape index (κ1) is 17.4. The van der Waals surface area contributed by atoms with Crippen LogP contribution in [0.1, 0.15) is 12.5 Å². The molecule has 0 saturated carbocycles. The first-order chi connectivity index (χ1) is 11.1. The van der Waals surface area contributed by atoms with E-state index in [4.69, 9.17) is 33.3 Å². The van der Waals surface area contributed by atoms with E-state index in [2.05, 4.69) is 29.7 Å². The number of aryl methyl sites for hydroxylation is 1. The Morgan fingerprint density at radius 3 is 2.26 bits per heavy atom. The fourth-order valence-electron chi connectivity index (χ4n) is 2.07. The Morgan fingerprint density at radius 2 is 1.70 bits per heavy atom. The Kier molecular flexibility index (Phi) is 6.07. The maximum atomic E-state index is 6.09. The highest BCUT2D eigenvalue weighted by atomic mass is 35.5. The van der Waals surface area contributed by atoms with Crippen molar-refractivity contribution < 1.29 is 9.47 Å². The van der Waals surface area contributed by atoms with Crippen LogP contribution in [0.5, 0.6) is 11.5 Å². The van der Waals surface area contributed by atoms with Crippen molar-refractivity contribution in [2.24, 2.45) is 0 Å². The molecule has 0 spiro atoms. The molecule has 2 aromatic rings. The Bertz CT molecular complexity index is 690. The fraction of sp³-hybridized carbons (Fsp3) is 0.235. The van der Waals surface area contributed by atoms with Crippen LogP contribution >= 0.6 is 23.8 Å². The van der Waals surface area contributed by atoms with Crippen molar-refractivity contribution in [2.75, 3.05) is 24.9 Å². The van der Waals surface area contributed by atoms with Crippen molar-refractivity contribution in [2.45, 2.75) is 13.3 Å². The summed E-state index contributed by atoms with van der Waals surface area (Å²) in [6, 6.07) is 11.5. The average Bonchev–Trinajstić information content (AvgIpc) is 2.56. The van der Waals surface area contributed by atoms with Gasteiger partial charge in [0.15, 0.2) is 5.11 Å². The van der Waals surface area contributed by atoms with Crippen LogP contribution in [0.25, 0.3) is 0 Å². The SMILES string of the molecule is CCc1ccc(NC(=S)Nc2cc(OC)c(Cl)cc2OC)cc1. The molecule has 0 saturated heterocycles. The number of methoxy groups -OCH3 is 2. The predicted octanol–water partition coefficient (Wildman–Crippen LogP) is 4.73. The van der Waals surface area contributed by atoms with Gasteiger partial charge in [-0.2, -0.15) is 0 Å². The lowest BCUT2D eigenvalue weighted by atomic mass is 10.1. The van der Waals surface area contributed by atoms with Gasteiger partial charge in [-0.3, -0.25) is 0 Å². The zero-order valence-electron chi connectivity index (χ0n) is 13.3. The molecular formula is C17H19ClN2O2S. The van der Waals surface area contributed by atoms with E-state index in [1.165, 1.54) is 5.56 Å². The molecule has 0 unspecified atom stereocenters. The molecule has 0 aliphatic heterocycles. The molecule has 0 radical (unpaired) electrons. The summed E-state index contributed by atoms with van der Waals surface area (Å²) in [6.45, 7) is 2.12. The Balaban J connectivity index is 2.12. The number of anilines is 2. The average molecular weight is 351 g/mol. The standard InChI is InChI=1S/C17H19ClN2O2S/c1-4-11-5-7-12(8-6-11)19-17(23)20-14-10-15(21-2)13(18)9-16(14)22-3/h5-10H,4H2,1-3H3,(H2,19,20,23). The zero-order chi connectivity index (χ0) is 16.8. The molecule has 2 N–H and O–H groups in total. The van der Waals surface area contributed by atoms with E-state index in [1.807, 2.05) is 12.1 Å².